The van der Waals surface area contributed by atoms with Crippen molar-refractivity contribution in [3.8, 4) is 11.5 Å². The second kappa shape index (κ2) is 4.70. The maximum absolute atomic E-state index is 11.5. The van der Waals surface area contributed by atoms with Crippen LogP contribution in [0.1, 0.15) is 19.7 Å². The second-order valence-electron chi connectivity index (χ2n) is 5.05. The number of ether oxygens (including phenoxy) is 2. The number of carbonyl (C=O) groups is 1. The number of aromatic nitrogens is 2. The van der Waals surface area contributed by atoms with Crippen LogP contribution in [0.3, 0.4) is 0 Å². The van der Waals surface area contributed by atoms with Gasteiger partial charge in [-0.05, 0) is 20.8 Å². The van der Waals surface area contributed by atoms with Gasteiger partial charge in [-0.2, -0.15) is 0 Å². The third-order valence-electron chi connectivity index (χ3n) is 3.41. The van der Waals surface area contributed by atoms with Crippen molar-refractivity contribution in [3.63, 3.8) is 0 Å². The maximum atomic E-state index is 11.5. The number of carboxylic acid groups (broad SMARTS) is 1. The molecule has 0 fully saturated rings. The Morgan fingerprint density at radius 1 is 1.25 bits per heavy atom. The highest BCUT2D eigenvalue weighted by Gasteiger charge is 2.32. The first kappa shape index (κ1) is 14.2. The highest BCUT2D eigenvalue weighted by molar-refractivity contribution is 5.85. The van der Waals surface area contributed by atoms with E-state index in [1.807, 2.05) is 0 Å². The molecule has 0 atom stereocenters. The Hall–Kier alpha value is -2.24. The van der Waals surface area contributed by atoms with Gasteiger partial charge in [0.1, 0.15) is 11.4 Å². The van der Waals surface area contributed by atoms with Gasteiger partial charge in [0.15, 0.2) is 11.5 Å². The molecule has 0 amide bonds. The SMILES string of the molecule is COc1cc2nc(C)n(C(C)(C)C(=O)O)c2cc1OC. The summed E-state index contributed by atoms with van der Waals surface area (Å²) in [4.78, 5) is 15.9. The molecular formula is C14H18N2O4. The zero-order chi connectivity index (χ0) is 15.1. The molecule has 0 saturated heterocycles. The molecule has 0 saturated carbocycles. The first-order valence-corrected chi connectivity index (χ1v) is 6.18. The van der Waals surface area contributed by atoms with Crippen molar-refractivity contribution in [2.45, 2.75) is 26.3 Å². The number of benzene rings is 1. The van der Waals surface area contributed by atoms with Gasteiger partial charge in [0, 0.05) is 12.1 Å². The summed E-state index contributed by atoms with van der Waals surface area (Å²) in [6.45, 7) is 5.06. The standard InChI is InChI=1S/C14H18N2O4/c1-8-15-9-6-11(19-4)12(20-5)7-10(9)16(8)14(2,3)13(17)18/h6-7H,1-5H3,(H,17,18). The average Bonchev–Trinajstić information content (AvgIpc) is 2.71. The molecule has 0 bridgehead atoms. The molecule has 6 nitrogen and oxygen atoms in total. The van der Waals surface area contributed by atoms with Crippen LogP contribution < -0.4 is 9.47 Å². The molecule has 0 unspecified atom stereocenters. The van der Waals surface area contributed by atoms with Crippen molar-refractivity contribution >= 4 is 17.0 Å². The first-order valence-electron chi connectivity index (χ1n) is 6.18. The number of rotatable bonds is 4. The molecular weight excluding hydrogens is 260 g/mol. The molecule has 1 N–H and O–H groups in total. The highest BCUT2D eigenvalue weighted by atomic mass is 16.5. The molecule has 0 aliphatic heterocycles. The fraction of sp³-hybridized carbons (Fsp3) is 0.429. The van der Waals surface area contributed by atoms with Gasteiger partial charge >= 0.3 is 5.97 Å². The van der Waals surface area contributed by atoms with Gasteiger partial charge in [-0.1, -0.05) is 0 Å². The molecule has 1 aromatic carbocycles. The molecule has 6 heteroatoms. The normalized spacial score (nSPS) is 11.7. The summed E-state index contributed by atoms with van der Waals surface area (Å²) in [5.41, 5.74) is 0.278. The molecule has 0 aliphatic carbocycles. The lowest BCUT2D eigenvalue weighted by Crippen LogP contribution is -2.36. The van der Waals surface area contributed by atoms with Crippen LogP contribution in [0.4, 0.5) is 0 Å². The number of imidazole rings is 1. The van der Waals surface area contributed by atoms with Crippen LogP contribution in [0.2, 0.25) is 0 Å². The Balaban J connectivity index is 2.80. The van der Waals surface area contributed by atoms with Crippen molar-refractivity contribution in [2.24, 2.45) is 0 Å². The van der Waals surface area contributed by atoms with Gasteiger partial charge in [-0.3, -0.25) is 0 Å². The predicted molar refractivity (Wildman–Crippen MR) is 74.5 cm³/mol. The van der Waals surface area contributed by atoms with E-state index in [1.54, 1.807) is 51.7 Å². The van der Waals surface area contributed by atoms with E-state index in [9.17, 15) is 9.90 Å². The van der Waals surface area contributed by atoms with Crippen molar-refractivity contribution < 1.29 is 19.4 Å². The highest BCUT2D eigenvalue weighted by Crippen LogP contribution is 2.34. The Labute approximate surface area is 116 Å². The number of methoxy groups -OCH3 is 2. The summed E-state index contributed by atoms with van der Waals surface area (Å²) >= 11 is 0. The number of fused-ring (bicyclic) bond motifs is 1. The molecule has 0 aliphatic rings. The van der Waals surface area contributed by atoms with E-state index in [1.165, 1.54) is 0 Å². The second-order valence-corrected chi connectivity index (χ2v) is 5.05. The van der Waals surface area contributed by atoms with E-state index in [0.717, 1.165) is 0 Å². The van der Waals surface area contributed by atoms with E-state index in [0.29, 0.717) is 28.4 Å². The van der Waals surface area contributed by atoms with Crippen molar-refractivity contribution in [1.29, 1.82) is 0 Å². The van der Waals surface area contributed by atoms with Gasteiger partial charge in [0.05, 0.1) is 25.3 Å². The summed E-state index contributed by atoms with van der Waals surface area (Å²) in [5, 5.41) is 9.42. The fourth-order valence-electron chi connectivity index (χ4n) is 2.33. The minimum Gasteiger partial charge on any atom is -0.493 e. The summed E-state index contributed by atoms with van der Waals surface area (Å²) in [6.07, 6.45) is 0. The lowest BCUT2D eigenvalue weighted by Gasteiger charge is -2.24. The fourth-order valence-corrected chi connectivity index (χ4v) is 2.33. The number of carboxylic acids is 1. The van der Waals surface area contributed by atoms with E-state index in [4.69, 9.17) is 9.47 Å². The molecule has 1 heterocycles. The van der Waals surface area contributed by atoms with Crippen LogP contribution in [0.5, 0.6) is 11.5 Å². The molecule has 20 heavy (non-hydrogen) atoms. The number of nitrogens with zero attached hydrogens (tertiary/aromatic N) is 2. The van der Waals surface area contributed by atoms with Gasteiger partial charge in [0.25, 0.3) is 0 Å². The van der Waals surface area contributed by atoms with Crippen LogP contribution in [0.25, 0.3) is 11.0 Å². The third kappa shape index (κ3) is 1.97. The van der Waals surface area contributed by atoms with E-state index >= 15 is 0 Å². The van der Waals surface area contributed by atoms with Crippen LogP contribution in [-0.4, -0.2) is 34.8 Å². The quantitative estimate of drug-likeness (QED) is 0.928. The number of aryl methyl sites for hydroxylation is 1. The molecule has 0 spiro atoms. The van der Waals surface area contributed by atoms with Crippen molar-refractivity contribution in [1.82, 2.24) is 9.55 Å². The summed E-state index contributed by atoms with van der Waals surface area (Å²) in [5.74, 6) is 0.817. The van der Waals surface area contributed by atoms with Crippen molar-refractivity contribution in [2.75, 3.05) is 14.2 Å². The zero-order valence-corrected chi connectivity index (χ0v) is 12.2. The third-order valence-corrected chi connectivity index (χ3v) is 3.41. The van der Waals surface area contributed by atoms with Gasteiger partial charge in [-0.25, -0.2) is 9.78 Å². The molecule has 2 rings (SSSR count). The zero-order valence-electron chi connectivity index (χ0n) is 12.2. The number of hydrogen-bond donors (Lipinski definition) is 1. The first-order chi connectivity index (χ1) is 9.32. The number of hydrogen-bond acceptors (Lipinski definition) is 4. The van der Waals surface area contributed by atoms with E-state index < -0.39 is 11.5 Å². The molecule has 2 aromatic rings. The summed E-state index contributed by atoms with van der Waals surface area (Å²) < 4.78 is 12.2. The smallest absolute Gasteiger partial charge is 0.329 e. The van der Waals surface area contributed by atoms with Gasteiger partial charge in [0.2, 0.25) is 0 Å². The lowest BCUT2D eigenvalue weighted by molar-refractivity contribution is -0.145. The van der Waals surface area contributed by atoms with Gasteiger partial charge in [-0.15, -0.1) is 0 Å². The largest absolute Gasteiger partial charge is 0.493 e. The van der Waals surface area contributed by atoms with Crippen LogP contribution in [0.15, 0.2) is 12.1 Å². The minimum absolute atomic E-state index is 0.544. The van der Waals surface area contributed by atoms with E-state index in [2.05, 4.69) is 4.98 Å². The summed E-state index contributed by atoms with van der Waals surface area (Å²) in [7, 11) is 3.09. The number of aliphatic carboxylic acids is 1. The Bertz CT molecular complexity index is 673. The average molecular weight is 278 g/mol. The summed E-state index contributed by atoms with van der Waals surface area (Å²) in [6, 6.07) is 3.49. The lowest BCUT2D eigenvalue weighted by atomic mass is 10.1. The van der Waals surface area contributed by atoms with Gasteiger partial charge < -0.3 is 19.1 Å². The topological polar surface area (TPSA) is 73.6 Å². The molecule has 1 aromatic heterocycles. The van der Waals surface area contributed by atoms with Crippen LogP contribution >= 0.6 is 0 Å². The van der Waals surface area contributed by atoms with Crippen LogP contribution in [-0.2, 0) is 10.3 Å². The maximum Gasteiger partial charge on any atom is 0.329 e. The Morgan fingerprint density at radius 2 is 1.80 bits per heavy atom. The Kier molecular flexibility index (Phi) is 3.33. The molecule has 0 radical (unpaired) electrons. The Morgan fingerprint density at radius 3 is 2.30 bits per heavy atom. The minimum atomic E-state index is -1.10. The monoisotopic (exact) mass is 278 g/mol. The predicted octanol–water partition coefficient (Wildman–Crippen LogP) is 2.18. The van der Waals surface area contributed by atoms with Crippen LogP contribution in [0, 0.1) is 6.92 Å². The molecule has 108 valence electrons. The van der Waals surface area contributed by atoms with E-state index in [-0.39, 0.29) is 0 Å². The van der Waals surface area contributed by atoms with Crippen molar-refractivity contribution in [3.05, 3.63) is 18.0 Å².